The number of benzene rings is 1. The number of amidine groups is 1. The maximum Gasteiger partial charge on any atom is 0.407 e. The Bertz CT molecular complexity index is 975. The molecule has 2 fully saturated rings. The Morgan fingerprint density at radius 3 is 2.73 bits per heavy atom. The van der Waals surface area contributed by atoms with Gasteiger partial charge in [-0.2, -0.15) is 4.99 Å². The van der Waals surface area contributed by atoms with E-state index in [9.17, 15) is 18.0 Å². The summed E-state index contributed by atoms with van der Waals surface area (Å²) < 4.78 is 30.4. The molecule has 0 bridgehead atoms. The van der Waals surface area contributed by atoms with E-state index in [0.29, 0.717) is 5.17 Å². The van der Waals surface area contributed by atoms with Gasteiger partial charge in [0.2, 0.25) is 5.91 Å². The summed E-state index contributed by atoms with van der Waals surface area (Å²) in [6.45, 7) is 5.39. The number of anilines is 1. The number of carbonyl (C=O) groups is 2. The second-order valence-electron chi connectivity index (χ2n) is 8.12. The number of halogens is 1. The summed E-state index contributed by atoms with van der Waals surface area (Å²) in [6, 6.07) is 7.42. The normalized spacial score (nSPS) is 24.0. The predicted octanol–water partition coefficient (Wildman–Crippen LogP) is 2.81. The number of thioether (sulfide) groups is 1. The van der Waals surface area contributed by atoms with Crippen molar-refractivity contribution in [3.63, 3.8) is 0 Å². The zero-order valence-electron chi connectivity index (χ0n) is 16.9. The standard InChI is InChI=1S/C19H24IN3O5S2/c1-19(2,3)28-18(25)21-8-7-16(24)22-17-23(13-6-4-5-12(20)9-13)14-10-30(26,27)11-15(14)29-17/h4-6,9,14-15H,7-8,10-11H2,1-3H3,(H,21,25). The number of hydrogen-bond acceptors (Lipinski definition) is 6. The molecule has 2 saturated heterocycles. The molecule has 11 heteroatoms. The van der Waals surface area contributed by atoms with Crippen LogP contribution in [-0.4, -0.2) is 60.5 Å². The van der Waals surface area contributed by atoms with E-state index < -0.39 is 21.5 Å². The Kier molecular flexibility index (Phi) is 7.02. The summed E-state index contributed by atoms with van der Waals surface area (Å²) in [7, 11) is -3.11. The first-order valence-corrected chi connectivity index (χ1v) is 13.2. The zero-order chi connectivity index (χ0) is 22.1. The molecule has 1 aromatic rings. The van der Waals surface area contributed by atoms with Crippen molar-refractivity contribution < 1.29 is 22.7 Å². The van der Waals surface area contributed by atoms with Crippen LogP contribution in [0, 0.1) is 3.57 Å². The lowest BCUT2D eigenvalue weighted by molar-refractivity contribution is -0.117. The van der Waals surface area contributed by atoms with Crippen LogP contribution in [0.15, 0.2) is 29.3 Å². The highest BCUT2D eigenvalue weighted by Crippen LogP contribution is 2.41. The number of fused-ring (bicyclic) bond motifs is 1. The minimum atomic E-state index is -3.11. The maximum absolute atomic E-state index is 12.4. The lowest BCUT2D eigenvalue weighted by Gasteiger charge is -2.24. The number of alkyl carbamates (subject to hydrolysis) is 1. The van der Waals surface area contributed by atoms with E-state index in [4.69, 9.17) is 4.74 Å². The Labute approximate surface area is 194 Å². The van der Waals surface area contributed by atoms with Crippen molar-refractivity contribution in [2.45, 2.75) is 44.1 Å². The second kappa shape index (κ2) is 9.03. The lowest BCUT2D eigenvalue weighted by Crippen LogP contribution is -2.38. The van der Waals surface area contributed by atoms with Gasteiger partial charge in [0, 0.05) is 27.5 Å². The average molecular weight is 565 g/mol. The number of amides is 2. The summed E-state index contributed by atoms with van der Waals surface area (Å²) in [5, 5.41) is 2.89. The molecule has 3 rings (SSSR count). The van der Waals surface area contributed by atoms with Crippen molar-refractivity contribution in [2.75, 3.05) is 23.0 Å². The summed E-state index contributed by atoms with van der Waals surface area (Å²) in [5.74, 6) is -0.258. The molecule has 2 atom stereocenters. The van der Waals surface area contributed by atoms with Crippen LogP contribution < -0.4 is 10.2 Å². The Balaban J connectivity index is 1.71. The number of ether oxygens (including phenoxy) is 1. The van der Waals surface area contributed by atoms with Crippen LogP contribution in [0.4, 0.5) is 10.5 Å². The minimum Gasteiger partial charge on any atom is -0.444 e. The number of nitrogens with one attached hydrogen (secondary N) is 1. The predicted molar refractivity (Wildman–Crippen MR) is 127 cm³/mol. The molecular weight excluding hydrogens is 541 g/mol. The molecule has 0 aromatic heterocycles. The van der Waals surface area contributed by atoms with E-state index in [1.54, 1.807) is 20.8 Å². The molecule has 164 valence electrons. The Morgan fingerprint density at radius 1 is 1.33 bits per heavy atom. The maximum atomic E-state index is 12.4. The molecule has 2 amide bonds. The number of carbonyl (C=O) groups excluding carboxylic acids is 2. The number of hydrogen-bond donors (Lipinski definition) is 1. The molecule has 2 unspecified atom stereocenters. The van der Waals surface area contributed by atoms with Gasteiger partial charge in [0.25, 0.3) is 0 Å². The highest BCUT2D eigenvalue weighted by atomic mass is 127. The number of nitrogens with zero attached hydrogens (tertiary/aromatic N) is 2. The SMILES string of the molecule is CC(C)(C)OC(=O)NCCC(=O)N=C1SC2CS(=O)(=O)CC2N1c1cccc(I)c1. The highest BCUT2D eigenvalue weighted by Gasteiger charge is 2.49. The first kappa shape index (κ1) is 23.3. The fourth-order valence-corrected chi connectivity index (χ4v) is 7.70. The number of aliphatic imine (C=N–C) groups is 1. The van der Waals surface area contributed by atoms with Gasteiger partial charge in [-0.05, 0) is 61.6 Å². The molecule has 8 nitrogen and oxygen atoms in total. The van der Waals surface area contributed by atoms with Crippen LogP contribution in [0.3, 0.4) is 0 Å². The van der Waals surface area contributed by atoms with Gasteiger partial charge in [0.05, 0.1) is 17.5 Å². The monoisotopic (exact) mass is 565 g/mol. The molecule has 30 heavy (non-hydrogen) atoms. The summed E-state index contributed by atoms with van der Waals surface area (Å²) in [6.07, 6.45) is -0.560. The highest BCUT2D eigenvalue weighted by molar-refractivity contribution is 14.1. The number of sulfone groups is 1. The van der Waals surface area contributed by atoms with Gasteiger partial charge in [-0.1, -0.05) is 17.8 Å². The van der Waals surface area contributed by atoms with Crippen LogP contribution >= 0.6 is 34.4 Å². The van der Waals surface area contributed by atoms with Crippen molar-refractivity contribution in [3.05, 3.63) is 27.8 Å². The van der Waals surface area contributed by atoms with Crippen LogP contribution in [0.1, 0.15) is 27.2 Å². The van der Waals surface area contributed by atoms with E-state index in [-0.39, 0.29) is 41.7 Å². The third-order valence-corrected chi connectivity index (χ3v) is 8.26. The lowest BCUT2D eigenvalue weighted by atomic mass is 10.2. The summed E-state index contributed by atoms with van der Waals surface area (Å²) in [4.78, 5) is 30.2. The fraction of sp³-hybridized carbons (Fsp3) is 0.526. The summed E-state index contributed by atoms with van der Waals surface area (Å²) in [5.41, 5.74) is 0.207. The van der Waals surface area contributed by atoms with Crippen LogP contribution in [-0.2, 0) is 19.4 Å². The molecule has 2 aliphatic rings. The van der Waals surface area contributed by atoms with Gasteiger partial charge < -0.3 is 15.0 Å². The van der Waals surface area contributed by atoms with E-state index in [0.717, 1.165) is 9.26 Å². The van der Waals surface area contributed by atoms with Gasteiger partial charge in [0.1, 0.15) is 5.60 Å². The molecular formula is C19H24IN3O5S2. The summed E-state index contributed by atoms with van der Waals surface area (Å²) >= 11 is 3.52. The minimum absolute atomic E-state index is 0.0249. The first-order valence-electron chi connectivity index (χ1n) is 9.44. The molecule has 0 saturated carbocycles. The van der Waals surface area contributed by atoms with E-state index >= 15 is 0 Å². The fourth-order valence-electron chi connectivity index (χ4n) is 3.24. The molecule has 0 aliphatic carbocycles. The Hall–Kier alpha value is -1.34. The van der Waals surface area contributed by atoms with Gasteiger partial charge >= 0.3 is 6.09 Å². The molecule has 2 heterocycles. The number of rotatable bonds is 4. The van der Waals surface area contributed by atoms with Crippen molar-refractivity contribution in [3.8, 4) is 0 Å². The van der Waals surface area contributed by atoms with Gasteiger partial charge in [-0.15, -0.1) is 0 Å². The van der Waals surface area contributed by atoms with Gasteiger partial charge in [0.15, 0.2) is 15.0 Å². The topological polar surface area (TPSA) is 105 Å². The zero-order valence-corrected chi connectivity index (χ0v) is 20.7. The van der Waals surface area contributed by atoms with Crippen molar-refractivity contribution in [1.29, 1.82) is 0 Å². The van der Waals surface area contributed by atoms with Crippen molar-refractivity contribution in [2.24, 2.45) is 4.99 Å². The third kappa shape index (κ3) is 6.10. The molecule has 1 aromatic carbocycles. The van der Waals surface area contributed by atoms with E-state index in [2.05, 4.69) is 32.9 Å². The molecule has 0 spiro atoms. The third-order valence-electron chi connectivity index (χ3n) is 4.38. The quantitative estimate of drug-likeness (QED) is 0.560. The van der Waals surface area contributed by atoms with Crippen LogP contribution in [0.25, 0.3) is 0 Å². The Morgan fingerprint density at radius 2 is 2.07 bits per heavy atom. The van der Waals surface area contributed by atoms with Crippen LogP contribution in [0.5, 0.6) is 0 Å². The van der Waals surface area contributed by atoms with Crippen molar-refractivity contribution in [1.82, 2.24) is 5.32 Å². The largest absolute Gasteiger partial charge is 0.444 e. The van der Waals surface area contributed by atoms with Crippen LogP contribution in [0.2, 0.25) is 0 Å². The van der Waals surface area contributed by atoms with E-state index in [1.165, 1.54) is 11.8 Å². The molecule has 0 radical (unpaired) electrons. The van der Waals surface area contributed by atoms with Gasteiger partial charge in [-0.3, -0.25) is 4.79 Å². The van der Waals surface area contributed by atoms with Gasteiger partial charge in [-0.25, -0.2) is 13.2 Å². The smallest absolute Gasteiger partial charge is 0.407 e. The average Bonchev–Trinajstić information content (AvgIpc) is 3.03. The van der Waals surface area contributed by atoms with E-state index in [1.807, 2.05) is 29.2 Å². The molecule has 2 aliphatic heterocycles. The molecule has 1 N–H and O–H groups in total. The second-order valence-corrected chi connectivity index (χ2v) is 12.7. The first-order chi connectivity index (χ1) is 13.9. The van der Waals surface area contributed by atoms with Crippen molar-refractivity contribution >= 4 is 67.0 Å².